The van der Waals surface area contributed by atoms with Crippen LogP contribution in [0.2, 0.25) is 0 Å². The molecule has 1 amide bonds. The molecule has 0 aliphatic heterocycles. The molecule has 102 valence electrons. The summed E-state index contributed by atoms with van der Waals surface area (Å²) in [5, 5.41) is 12.5. The van der Waals surface area contributed by atoms with E-state index in [9.17, 15) is 4.79 Å². The van der Waals surface area contributed by atoms with Gasteiger partial charge in [0.2, 0.25) is 5.91 Å². The summed E-state index contributed by atoms with van der Waals surface area (Å²) >= 11 is 0. The number of likely N-dealkylation sites (N-methyl/N-ethyl adjacent to an activating group) is 1. The number of nitrogens with zero attached hydrogens (tertiary/aromatic N) is 6. The van der Waals surface area contributed by atoms with Crippen molar-refractivity contribution in [3.05, 3.63) is 42.2 Å². The third-order valence-electron chi connectivity index (χ3n) is 3.07. The Kier molecular flexibility index (Phi) is 4.05. The summed E-state index contributed by atoms with van der Waals surface area (Å²) in [5.41, 5.74) is 0.958. The van der Waals surface area contributed by atoms with E-state index in [0.717, 1.165) is 5.56 Å². The monoisotopic (exact) mass is 270 g/mol. The fourth-order valence-corrected chi connectivity index (χ4v) is 1.73. The number of carbonyl (C=O) groups excluding carboxylic acids is 1. The molecule has 0 aliphatic carbocycles. The molecule has 7 heteroatoms. The van der Waals surface area contributed by atoms with Gasteiger partial charge in [0.25, 0.3) is 5.82 Å². The van der Waals surface area contributed by atoms with Gasteiger partial charge in [0.1, 0.15) is 18.9 Å². The van der Waals surface area contributed by atoms with Gasteiger partial charge < -0.3 is 4.90 Å². The first kappa shape index (κ1) is 13.7. The fourth-order valence-electron chi connectivity index (χ4n) is 1.73. The van der Waals surface area contributed by atoms with Crippen molar-refractivity contribution in [1.29, 1.82) is 5.26 Å². The van der Waals surface area contributed by atoms with Gasteiger partial charge in [-0.1, -0.05) is 6.07 Å². The number of hydrogen-bond acceptors (Lipinski definition) is 5. The van der Waals surface area contributed by atoms with E-state index >= 15 is 0 Å². The number of nitriles is 1. The number of rotatable bonds is 4. The van der Waals surface area contributed by atoms with Crippen LogP contribution in [0.1, 0.15) is 24.4 Å². The molecule has 2 rings (SSSR count). The zero-order chi connectivity index (χ0) is 14.5. The van der Waals surface area contributed by atoms with E-state index in [1.807, 2.05) is 25.1 Å². The highest BCUT2D eigenvalue weighted by atomic mass is 16.2. The quantitative estimate of drug-likeness (QED) is 0.818. The number of amides is 1. The highest BCUT2D eigenvalue weighted by Gasteiger charge is 2.18. The first-order valence-corrected chi connectivity index (χ1v) is 6.07. The van der Waals surface area contributed by atoms with Crippen molar-refractivity contribution in [3.8, 4) is 6.07 Å². The van der Waals surface area contributed by atoms with E-state index in [4.69, 9.17) is 5.26 Å². The molecule has 7 nitrogen and oxygen atoms in total. The summed E-state index contributed by atoms with van der Waals surface area (Å²) in [4.78, 5) is 21.6. The largest absolute Gasteiger partial charge is 0.337 e. The zero-order valence-electron chi connectivity index (χ0n) is 11.3. The normalized spacial score (nSPS) is 11.7. The van der Waals surface area contributed by atoms with E-state index in [2.05, 4.69) is 15.1 Å². The van der Waals surface area contributed by atoms with E-state index in [1.54, 1.807) is 24.3 Å². The van der Waals surface area contributed by atoms with Gasteiger partial charge in [-0.2, -0.15) is 5.26 Å². The molecular formula is C13H14N6O. The Labute approximate surface area is 116 Å². The Morgan fingerprint density at radius 1 is 1.60 bits per heavy atom. The van der Waals surface area contributed by atoms with Crippen molar-refractivity contribution in [1.82, 2.24) is 24.6 Å². The highest BCUT2D eigenvalue weighted by Crippen LogP contribution is 2.17. The minimum Gasteiger partial charge on any atom is -0.337 e. The minimum absolute atomic E-state index is 0.0514. The topological polar surface area (TPSA) is 87.7 Å². The van der Waals surface area contributed by atoms with Crippen molar-refractivity contribution >= 4 is 5.91 Å². The number of pyridine rings is 1. The van der Waals surface area contributed by atoms with Gasteiger partial charge >= 0.3 is 0 Å². The molecular weight excluding hydrogens is 256 g/mol. The molecule has 0 unspecified atom stereocenters. The molecule has 2 aromatic rings. The number of hydrogen-bond donors (Lipinski definition) is 0. The van der Waals surface area contributed by atoms with Crippen molar-refractivity contribution in [2.45, 2.75) is 19.5 Å². The lowest BCUT2D eigenvalue weighted by Crippen LogP contribution is -2.32. The predicted molar refractivity (Wildman–Crippen MR) is 70.2 cm³/mol. The molecule has 0 aromatic carbocycles. The Hall–Kier alpha value is -2.75. The standard InChI is InChI=1S/C13H14N6O/c1-10(11-4-3-5-15-7-11)18(2)13(20)8-19-9-16-12(6-14)17-19/h3-5,7,9-10H,8H2,1-2H3/t10-/m0/s1. The molecule has 1 atom stereocenters. The van der Waals surface area contributed by atoms with Crippen molar-refractivity contribution in [2.24, 2.45) is 0 Å². The summed E-state index contributed by atoms with van der Waals surface area (Å²) < 4.78 is 1.35. The first-order valence-electron chi connectivity index (χ1n) is 6.07. The van der Waals surface area contributed by atoms with Gasteiger partial charge in [-0.15, -0.1) is 5.10 Å². The summed E-state index contributed by atoms with van der Waals surface area (Å²) in [5.74, 6) is -0.0588. The minimum atomic E-state index is -0.115. The summed E-state index contributed by atoms with van der Waals surface area (Å²) in [6, 6.07) is 5.49. The molecule has 0 N–H and O–H groups in total. The molecule has 0 fully saturated rings. The number of aromatic nitrogens is 4. The zero-order valence-corrected chi connectivity index (χ0v) is 11.3. The molecule has 0 aliphatic rings. The lowest BCUT2D eigenvalue weighted by Gasteiger charge is -2.24. The summed E-state index contributed by atoms with van der Waals surface area (Å²) in [6.07, 6.45) is 4.80. The molecule has 2 heterocycles. The average Bonchev–Trinajstić information content (AvgIpc) is 2.94. The Bertz CT molecular complexity index is 630. The van der Waals surface area contributed by atoms with Gasteiger partial charge in [0.15, 0.2) is 0 Å². The van der Waals surface area contributed by atoms with Crippen molar-refractivity contribution in [3.63, 3.8) is 0 Å². The second-order valence-corrected chi connectivity index (χ2v) is 4.34. The van der Waals surface area contributed by atoms with Crippen LogP contribution in [0.15, 0.2) is 30.9 Å². The molecule has 0 saturated heterocycles. The van der Waals surface area contributed by atoms with Crippen LogP contribution in [0.25, 0.3) is 0 Å². The molecule has 0 radical (unpaired) electrons. The smallest absolute Gasteiger partial charge is 0.252 e. The van der Waals surface area contributed by atoms with Crippen molar-refractivity contribution < 1.29 is 4.79 Å². The third kappa shape index (κ3) is 2.98. The van der Waals surface area contributed by atoms with Gasteiger partial charge in [-0.05, 0) is 18.6 Å². The van der Waals surface area contributed by atoms with Crippen LogP contribution in [-0.4, -0.2) is 37.6 Å². The van der Waals surface area contributed by atoms with Crippen LogP contribution < -0.4 is 0 Å². The van der Waals surface area contributed by atoms with Gasteiger partial charge in [-0.25, -0.2) is 9.67 Å². The molecule has 2 aromatic heterocycles. The fraction of sp³-hybridized carbons (Fsp3) is 0.308. The number of carbonyl (C=O) groups is 1. The molecule has 0 spiro atoms. The lowest BCUT2D eigenvalue weighted by molar-refractivity contribution is -0.132. The summed E-state index contributed by atoms with van der Waals surface area (Å²) in [6.45, 7) is 1.98. The molecule has 0 saturated carbocycles. The van der Waals surface area contributed by atoms with Crippen LogP contribution in [0.3, 0.4) is 0 Å². The van der Waals surface area contributed by atoms with Crippen LogP contribution >= 0.6 is 0 Å². The van der Waals surface area contributed by atoms with E-state index in [-0.39, 0.29) is 24.3 Å². The maximum Gasteiger partial charge on any atom is 0.252 e. The van der Waals surface area contributed by atoms with Crippen molar-refractivity contribution in [2.75, 3.05) is 7.05 Å². The first-order chi connectivity index (χ1) is 9.61. The maximum atomic E-state index is 12.2. The Morgan fingerprint density at radius 3 is 3.00 bits per heavy atom. The van der Waals surface area contributed by atoms with E-state index < -0.39 is 0 Å². The third-order valence-corrected chi connectivity index (χ3v) is 3.07. The Morgan fingerprint density at radius 2 is 2.40 bits per heavy atom. The van der Waals surface area contributed by atoms with Crippen LogP contribution in [0, 0.1) is 11.3 Å². The highest BCUT2D eigenvalue weighted by molar-refractivity contribution is 5.76. The van der Waals surface area contributed by atoms with Crippen LogP contribution in [0.5, 0.6) is 0 Å². The maximum absolute atomic E-state index is 12.2. The van der Waals surface area contributed by atoms with E-state index in [0.29, 0.717) is 0 Å². The second kappa shape index (κ2) is 5.93. The Balaban J connectivity index is 2.03. The van der Waals surface area contributed by atoms with Gasteiger partial charge in [0, 0.05) is 19.4 Å². The van der Waals surface area contributed by atoms with Crippen LogP contribution in [-0.2, 0) is 11.3 Å². The van der Waals surface area contributed by atoms with Crippen LogP contribution in [0.4, 0.5) is 0 Å². The van der Waals surface area contributed by atoms with E-state index in [1.165, 1.54) is 11.0 Å². The average molecular weight is 270 g/mol. The van der Waals surface area contributed by atoms with Gasteiger partial charge in [-0.3, -0.25) is 9.78 Å². The second-order valence-electron chi connectivity index (χ2n) is 4.34. The lowest BCUT2D eigenvalue weighted by atomic mass is 10.1. The van der Waals surface area contributed by atoms with Gasteiger partial charge in [0.05, 0.1) is 6.04 Å². The summed E-state index contributed by atoms with van der Waals surface area (Å²) in [7, 11) is 1.72. The predicted octanol–water partition coefficient (Wildman–Crippen LogP) is 0.764. The molecule has 0 bridgehead atoms. The SMILES string of the molecule is C[C@@H](c1cccnc1)N(C)C(=O)Cn1cnc(C#N)n1. The molecule has 20 heavy (non-hydrogen) atoms.